The number of carbonyl (C=O) groups excluding carboxylic acids is 2. The largest absolute Gasteiger partial charge is 0.364 e. The van der Waals surface area contributed by atoms with Gasteiger partial charge < -0.3 is 10.6 Å². The van der Waals surface area contributed by atoms with Gasteiger partial charge in [0.15, 0.2) is 5.69 Å². The van der Waals surface area contributed by atoms with Crippen LogP contribution in [0.1, 0.15) is 46.6 Å². The first-order chi connectivity index (χ1) is 12.6. The Morgan fingerprint density at radius 2 is 1.96 bits per heavy atom. The Labute approximate surface area is 151 Å². The number of aryl methyl sites for hydroxylation is 1. The molecule has 3 N–H and O–H groups in total. The molecule has 26 heavy (non-hydrogen) atoms. The first-order valence-corrected chi connectivity index (χ1v) is 8.69. The fraction of sp³-hybridized carbons (Fsp3) is 0.250. The summed E-state index contributed by atoms with van der Waals surface area (Å²) in [5, 5.41) is 7.68. The molecule has 1 aliphatic heterocycles. The smallest absolute Gasteiger partial charge is 0.269 e. The normalized spacial score (nSPS) is 15.6. The Balaban J connectivity index is 1.82. The van der Waals surface area contributed by atoms with Crippen molar-refractivity contribution in [3.8, 4) is 0 Å². The van der Waals surface area contributed by atoms with Gasteiger partial charge in [-0.15, -0.1) is 0 Å². The van der Waals surface area contributed by atoms with E-state index in [4.69, 9.17) is 5.73 Å². The van der Waals surface area contributed by atoms with Gasteiger partial charge in [0.2, 0.25) is 5.91 Å². The van der Waals surface area contributed by atoms with E-state index in [1.165, 1.54) is 0 Å². The molecule has 2 aromatic carbocycles. The summed E-state index contributed by atoms with van der Waals surface area (Å²) in [4.78, 5) is 26.5. The maximum Gasteiger partial charge on any atom is 0.269 e. The zero-order valence-corrected chi connectivity index (χ0v) is 14.5. The van der Waals surface area contributed by atoms with Crippen molar-refractivity contribution >= 4 is 22.7 Å². The Kier molecular flexibility index (Phi) is 3.95. The molecule has 3 aromatic rings. The Morgan fingerprint density at radius 1 is 1.19 bits per heavy atom. The van der Waals surface area contributed by atoms with Crippen molar-refractivity contribution in [2.24, 2.45) is 5.73 Å². The van der Waals surface area contributed by atoms with Crippen LogP contribution in [0.2, 0.25) is 0 Å². The van der Waals surface area contributed by atoms with Crippen LogP contribution in [0.5, 0.6) is 0 Å². The summed E-state index contributed by atoms with van der Waals surface area (Å²) < 4.78 is 0. The predicted octanol–water partition coefficient (Wildman–Crippen LogP) is 2.70. The lowest BCUT2D eigenvalue weighted by molar-refractivity contribution is -0.133. The summed E-state index contributed by atoms with van der Waals surface area (Å²) in [5.74, 6) is -0.460. The first-order valence-electron chi connectivity index (χ1n) is 8.69. The van der Waals surface area contributed by atoms with Gasteiger partial charge in [-0.3, -0.25) is 14.7 Å². The number of aromatic amines is 1. The van der Waals surface area contributed by atoms with E-state index >= 15 is 0 Å². The average molecular weight is 348 g/mol. The molecule has 1 aliphatic rings. The minimum absolute atomic E-state index is 0.0613. The van der Waals surface area contributed by atoms with Gasteiger partial charge >= 0.3 is 0 Å². The molecule has 0 aliphatic carbocycles. The van der Waals surface area contributed by atoms with Crippen molar-refractivity contribution in [1.82, 2.24) is 15.1 Å². The number of hydrogen-bond donors (Lipinski definition) is 2. The minimum Gasteiger partial charge on any atom is -0.364 e. The number of benzene rings is 2. The maximum absolute atomic E-state index is 12.8. The Bertz CT molecular complexity index is 994. The zero-order chi connectivity index (χ0) is 18.3. The Morgan fingerprint density at radius 3 is 2.69 bits per heavy atom. The summed E-state index contributed by atoms with van der Waals surface area (Å²) in [6, 6.07) is 13.8. The van der Waals surface area contributed by atoms with Gasteiger partial charge in [0.25, 0.3) is 5.91 Å². The standard InChI is InChI=1S/C20H20N4O2/c1-12(13-5-3-2-4-6-13)24-11-15-14(8-10-17(24)25)7-9-16-18(15)19(20(21)26)23-22-16/h2-7,9,12H,8,10-11H2,1H3,(H2,21,26)(H,22,23)/t12-/m1/s1. The second kappa shape index (κ2) is 6.29. The SMILES string of the molecule is C[C@H](c1ccccc1)N1Cc2c(ccc3[nH]nc(C(N)=O)c23)CCC1=O. The van der Waals surface area contributed by atoms with E-state index in [-0.39, 0.29) is 17.6 Å². The van der Waals surface area contributed by atoms with E-state index in [0.29, 0.717) is 19.4 Å². The minimum atomic E-state index is -0.567. The van der Waals surface area contributed by atoms with Crippen molar-refractivity contribution in [3.05, 3.63) is 64.8 Å². The van der Waals surface area contributed by atoms with Crippen LogP contribution in [0.3, 0.4) is 0 Å². The van der Waals surface area contributed by atoms with Gasteiger partial charge in [-0.25, -0.2) is 0 Å². The highest BCUT2D eigenvalue weighted by Crippen LogP contribution is 2.32. The van der Waals surface area contributed by atoms with Crippen LogP contribution in [-0.4, -0.2) is 26.9 Å². The van der Waals surface area contributed by atoms with Crippen LogP contribution in [0.25, 0.3) is 10.9 Å². The molecule has 0 saturated carbocycles. The topological polar surface area (TPSA) is 92.1 Å². The van der Waals surface area contributed by atoms with Gasteiger partial charge in [-0.1, -0.05) is 36.4 Å². The Hall–Kier alpha value is -3.15. The lowest BCUT2D eigenvalue weighted by atomic mass is 9.98. The van der Waals surface area contributed by atoms with E-state index in [1.807, 2.05) is 54.3 Å². The summed E-state index contributed by atoms with van der Waals surface area (Å²) in [6.07, 6.45) is 1.09. The van der Waals surface area contributed by atoms with E-state index in [0.717, 1.165) is 27.6 Å². The van der Waals surface area contributed by atoms with Crippen molar-refractivity contribution in [3.63, 3.8) is 0 Å². The predicted molar refractivity (Wildman–Crippen MR) is 98.3 cm³/mol. The maximum atomic E-state index is 12.8. The molecule has 0 radical (unpaired) electrons. The molecule has 1 atom stereocenters. The van der Waals surface area contributed by atoms with Crippen LogP contribution in [0.4, 0.5) is 0 Å². The lowest BCUT2D eigenvalue weighted by Crippen LogP contribution is -2.32. The number of nitrogens with zero attached hydrogens (tertiary/aromatic N) is 2. The molecule has 132 valence electrons. The molecular formula is C20H20N4O2. The number of aromatic nitrogens is 2. The van der Waals surface area contributed by atoms with Crippen LogP contribution < -0.4 is 5.73 Å². The second-order valence-electron chi connectivity index (χ2n) is 6.67. The molecular weight excluding hydrogens is 328 g/mol. The highest BCUT2D eigenvalue weighted by Gasteiger charge is 2.28. The van der Waals surface area contributed by atoms with Gasteiger partial charge in [-0.2, -0.15) is 5.10 Å². The quantitative estimate of drug-likeness (QED) is 0.762. The average Bonchev–Trinajstić information content (AvgIpc) is 3.02. The third-order valence-electron chi connectivity index (χ3n) is 5.17. The number of fused-ring (bicyclic) bond motifs is 3. The fourth-order valence-electron chi connectivity index (χ4n) is 3.73. The number of carbonyl (C=O) groups is 2. The summed E-state index contributed by atoms with van der Waals surface area (Å²) in [7, 11) is 0. The lowest BCUT2D eigenvalue weighted by Gasteiger charge is -2.29. The fourth-order valence-corrected chi connectivity index (χ4v) is 3.73. The van der Waals surface area contributed by atoms with Crippen LogP contribution in [0.15, 0.2) is 42.5 Å². The van der Waals surface area contributed by atoms with Crippen LogP contribution in [0, 0.1) is 0 Å². The summed E-state index contributed by atoms with van der Waals surface area (Å²) >= 11 is 0. The van der Waals surface area contributed by atoms with E-state index in [2.05, 4.69) is 10.2 Å². The van der Waals surface area contributed by atoms with Gasteiger partial charge in [0.1, 0.15) is 0 Å². The number of primary amides is 1. The van der Waals surface area contributed by atoms with Crippen LogP contribution in [-0.2, 0) is 17.8 Å². The molecule has 0 fully saturated rings. The first kappa shape index (κ1) is 16.3. The molecule has 4 rings (SSSR count). The van der Waals surface area contributed by atoms with Crippen LogP contribution >= 0.6 is 0 Å². The van der Waals surface area contributed by atoms with E-state index in [1.54, 1.807) is 0 Å². The summed E-state index contributed by atoms with van der Waals surface area (Å²) in [5.41, 5.74) is 9.61. The number of nitrogens with one attached hydrogen (secondary N) is 1. The third-order valence-corrected chi connectivity index (χ3v) is 5.17. The number of H-pyrrole nitrogens is 1. The molecule has 0 saturated heterocycles. The van der Waals surface area contributed by atoms with Gasteiger partial charge in [-0.05, 0) is 36.1 Å². The molecule has 6 nitrogen and oxygen atoms in total. The van der Waals surface area contributed by atoms with Crippen molar-refractivity contribution < 1.29 is 9.59 Å². The zero-order valence-electron chi connectivity index (χ0n) is 14.5. The van der Waals surface area contributed by atoms with E-state index < -0.39 is 5.91 Å². The molecule has 0 unspecified atom stereocenters. The number of hydrogen-bond acceptors (Lipinski definition) is 3. The monoisotopic (exact) mass is 348 g/mol. The number of rotatable bonds is 3. The number of amides is 2. The molecule has 1 aromatic heterocycles. The van der Waals surface area contributed by atoms with Crippen molar-refractivity contribution in [1.29, 1.82) is 0 Å². The molecule has 0 bridgehead atoms. The molecule has 2 amide bonds. The van der Waals surface area contributed by atoms with Gasteiger partial charge in [0, 0.05) is 18.4 Å². The molecule has 0 spiro atoms. The third kappa shape index (κ3) is 2.63. The molecule has 6 heteroatoms. The number of nitrogens with two attached hydrogens (primary N) is 1. The highest BCUT2D eigenvalue weighted by molar-refractivity contribution is 6.05. The molecule has 2 heterocycles. The highest BCUT2D eigenvalue weighted by atomic mass is 16.2. The van der Waals surface area contributed by atoms with E-state index in [9.17, 15) is 9.59 Å². The van der Waals surface area contributed by atoms with Crippen molar-refractivity contribution in [2.75, 3.05) is 0 Å². The van der Waals surface area contributed by atoms with Gasteiger partial charge in [0.05, 0.1) is 11.6 Å². The second-order valence-corrected chi connectivity index (χ2v) is 6.67. The van der Waals surface area contributed by atoms with Crippen molar-refractivity contribution in [2.45, 2.75) is 32.4 Å². The summed E-state index contributed by atoms with van der Waals surface area (Å²) in [6.45, 7) is 2.46.